The fourth-order valence-corrected chi connectivity index (χ4v) is 2.58. The van der Waals surface area contributed by atoms with Gasteiger partial charge in [0.1, 0.15) is 23.8 Å². The Bertz CT molecular complexity index is 548. The summed E-state index contributed by atoms with van der Waals surface area (Å²) in [5.41, 5.74) is 1.71. The van der Waals surface area contributed by atoms with Crippen LogP contribution in [-0.4, -0.2) is 18.5 Å². The van der Waals surface area contributed by atoms with Gasteiger partial charge in [-0.2, -0.15) is 15.8 Å². The second-order valence-electron chi connectivity index (χ2n) is 5.95. The number of hydrogen-bond donors (Lipinski definition) is 0. The van der Waals surface area contributed by atoms with Crippen LogP contribution in [0.15, 0.2) is 22.4 Å². The molecule has 0 rings (SSSR count). The lowest BCUT2D eigenvalue weighted by molar-refractivity contribution is 0.305. The van der Waals surface area contributed by atoms with Crippen LogP contribution in [0.1, 0.15) is 59.8 Å². The van der Waals surface area contributed by atoms with Gasteiger partial charge in [0.25, 0.3) is 0 Å². The molecule has 0 radical (unpaired) electrons. The first-order chi connectivity index (χ1) is 11.0. The summed E-state index contributed by atoms with van der Waals surface area (Å²) in [5.74, 6) is 0.595. The minimum absolute atomic E-state index is 0.00397. The number of nitriles is 3. The summed E-state index contributed by atoms with van der Waals surface area (Å²) in [7, 11) is 1.97. The SMILES string of the molecule is CCCCCC(CC)CN(C)/C(C)=C(\C#N)C(C)=C(C#N)C#N. The van der Waals surface area contributed by atoms with Crippen LogP contribution in [0.5, 0.6) is 0 Å². The standard InChI is InChI=1S/C19H28N4/c1-6-8-9-10-17(7-2)14-23(5)16(4)19(13-22)15(3)18(11-20)12-21/h17H,6-10,14H2,1-5H3/b19-16+. The largest absolute Gasteiger partial charge is 0.377 e. The molecule has 4 heteroatoms. The summed E-state index contributed by atoms with van der Waals surface area (Å²) in [6.07, 6.45) is 6.02. The Labute approximate surface area is 141 Å². The number of nitrogens with zero attached hydrogens (tertiary/aromatic N) is 4. The smallest absolute Gasteiger partial charge is 0.133 e. The molecule has 0 aliphatic heterocycles. The summed E-state index contributed by atoms with van der Waals surface area (Å²) in [4.78, 5) is 2.08. The molecule has 0 N–H and O–H groups in total. The summed E-state index contributed by atoms with van der Waals surface area (Å²) in [5, 5.41) is 27.4. The quantitative estimate of drug-likeness (QED) is 0.352. The highest BCUT2D eigenvalue weighted by molar-refractivity contribution is 5.54. The van der Waals surface area contributed by atoms with Crippen molar-refractivity contribution in [1.29, 1.82) is 15.8 Å². The van der Waals surface area contributed by atoms with E-state index in [2.05, 4.69) is 24.8 Å². The van der Waals surface area contributed by atoms with Crippen LogP contribution in [0, 0.1) is 39.9 Å². The lowest BCUT2D eigenvalue weighted by Crippen LogP contribution is -2.25. The van der Waals surface area contributed by atoms with Crippen LogP contribution in [0.25, 0.3) is 0 Å². The van der Waals surface area contributed by atoms with E-state index in [9.17, 15) is 5.26 Å². The third-order valence-electron chi connectivity index (χ3n) is 4.35. The first kappa shape index (κ1) is 20.8. The van der Waals surface area contributed by atoms with Crippen molar-refractivity contribution < 1.29 is 0 Å². The predicted octanol–water partition coefficient (Wildman–Crippen LogP) is 4.69. The monoisotopic (exact) mass is 312 g/mol. The van der Waals surface area contributed by atoms with Gasteiger partial charge in [-0.15, -0.1) is 0 Å². The molecular formula is C19H28N4. The second-order valence-corrected chi connectivity index (χ2v) is 5.95. The molecule has 1 atom stereocenters. The van der Waals surface area contributed by atoms with Gasteiger partial charge in [-0.05, 0) is 31.8 Å². The number of rotatable bonds is 9. The molecule has 0 aromatic heterocycles. The molecule has 4 nitrogen and oxygen atoms in total. The molecule has 124 valence electrons. The van der Waals surface area contributed by atoms with E-state index in [1.54, 1.807) is 6.92 Å². The van der Waals surface area contributed by atoms with Crippen LogP contribution in [-0.2, 0) is 0 Å². The lowest BCUT2D eigenvalue weighted by Gasteiger charge is -2.26. The van der Waals surface area contributed by atoms with Crippen LogP contribution < -0.4 is 0 Å². The van der Waals surface area contributed by atoms with Crippen molar-refractivity contribution in [2.75, 3.05) is 13.6 Å². The third-order valence-corrected chi connectivity index (χ3v) is 4.35. The second kappa shape index (κ2) is 11.3. The van der Waals surface area contributed by atoms with E-state index in [1.807, 2.05) is 26.1 Å². The van der Waals surface area contributed by atoms with Crippen molar-refractivity contribution in [3.05, 3.63) is 22.4 Å². The molecule has 0 saturated carbocycles. The topological polar surface area (TPSA) is 74.6 Å². The Kier molecular flexibility index (Phi) is 10.2. The van der Waals surface area contributed by atoms with Gasteiger partial charge in [-0.3, -0.25) is 0 Å². The maximum atomic E-state index is 9.43. The summed E-state index contributed by atoms with van der Waals surface area (Å²) in [6.45, 7) is 8.84. The maximum absolute atomic E-state index is 9.43. The van der Waals surface area contributed by atoms with E-state index in [-0.39, 0.29) is 5.57 Å². The van der Waals surface area contributed by atoms with E-state index >= 15 is 0 Å². The van der Waals surface area contributed by atoms with Gasteiger partial charge in [-0.25, -0.2) is 0 Å². The molecule has 1 unspecified atom stereocenters. The highest BCUT2D eigenvalue weighted by Crippen LogP contribution is 2.22. The van der Waals surface area contributed by atoms with Gasteiger partial charge in [0.05, 0.1) is 5.57 Å². The van der Waals surface area contributed by atoms with Crippen LogP contribution in [0.3, 0.4) is 0 Å². The summed E-state index contributed by atoms with van der Waals surface area (Å²) >= 11 is 0. The molecule has 0 aromatic carbocycles. The molecule has 0 aliphatic carbocycles. The average molecular weight is 312 g/mol. The lowest BCUT2D eigenvalue weighted by atomic mass is 9.97. The molecule has 0 fully saturated rings. The van der Waals surface area contributed by atoms with E-state index in [4.69, 9.17) is 10.5 Å². The Morgan fingerprint density at radius 3 is 2.04 bits per heavy atom. The first-order valence-corrected chi connectivity index (χ1v) is 8.30. The van der Waals surface area contributed by atoms with E-state index in [0.717, 1.165) is 18.7 Å². The number of allylic oxidation sites excluding steroid dienone is 4. The summed E-state index contributed by atoms with van der Waals surface area (Å²) < 4.78 is 0. The van der Waals surface area contributed by atoms with Gasteiger partial charge in [-0.1, -0.05) is 39.5 Å². The number of hydrogen-bond acceptors (Lipinski definition) is 4. The first-order valence-electron chi connectivity index (χ1n) is 8.30. The zero-order valence-electron chi connectivity index (χ0n) is 15.1. The molecule has 0 heterocycles. The van der Waals surface area contributed by atoms with Crippen molar-refractivity contribution >= 4 is 0 Å². The van der Waals surface area contributed by atoms with Crippen LogP contribution in [0.4, 0.5) is 0 Å². The van der Waals surface area contributed by atoms with Crippen LogP contribution in [0.2, 0.25) is 0 Å². The molecule has 0 aliphatic rings. The molecule has 0 spiro atoms. The van der Waals surface area contributed by atoms with E-state index in [1.165, 1.54) is 25.7 Å². The highest BCUT2D eigenvalue weighted by atomic mass is 15.1. The molecule has 23 heavy (non-hydrogen) atoms. The van der Waals surface area contributed by atoms with E-state index in [0.29, 0.717) is 17.1 Å². The zero-order chi connectivity index (χ0) is 17.8. The Hall–Kier alpha value is -2.25. The van der Waals surface area contributed by atoms with Gasteiger partial charge in [0.2, 0.25) is 0 Å². The molecule has 0 bridgehead atoms. The summed E-state index contributed by atoms with van der Waals surface area (Å²) in [6, 6.07) is 5.88. The van der Waals surface area contributed by atoms with Crippen molar-refractivity contribution in [3.8, 4) is 18.2 Å². The predicted molar refractivity (Wildman–Crippen MR) is 92.8 cm³/mol. The minimum atomic E-state index is 0.00397. The minimum Gasteiger partial charge on any atom is -0.377 e. The van der Waals surface area contributed by atoms with E-state index < -0.39 is 0 Å². The fraction of sp³-hybridized carbons (Fsp3) is 0.632. The van der Waals surface area contributed by atoms with Crippen molar-refractivity contribution in [2.45, 2.75) is 59.8 Å². The maximum Gasteiger partial charge on any atom is 0.133 e. The Morgan fingerprint density at radius 2 is 1.61 bits per heavy atom. The molecular weight excluding hydrogens is 284 g/mol. The van der Waals surface area contributed by atoms with Crippen molar-refractivity contribution in [3.63, 3.8) is 0 Å². The molecule has 0 aromatic rings. The molecule has 0 amide bonds. The Balaban J connectivity index is 5.26. The zero-order valence-corrected chi connectivity index (χ0v) is 15.1. The molecule has 0 saturated heterocycles. The van der Waals surface area contributed by atoms with Crippen molar-refractivity contribution in [2.24, 2.45) is 5.92 Å². The third kappa shape index (κ3) is 6.58. The van der Waals surface area contributed by atoms with Crippen LogP contribution >= 0.6 is 0 Å². The highest BCUT2D eigenvalue weighted by Gasteiger charge is 2.15. The van der Waals surface area contributed by atoms with Gasteiger partial charge in [0, 0.05) is 19.3 Å². The number of unbranched alkanes of at least 4 members (excludes halogenated alkanes) is 2. The Morgan fingerprint density at radius 1 is 1.00 bits per heavy atom. The van der Waals surface area contributed by atoms with Gasteiger partial charge >= 0.3 is 0 Å². The fourth-order valence-electron chi connectivity index (χ4n) is 2.58. The average Bonchev–Trinajstić information content (AvgIpc) is 2.55. The van der Waals surface area contributed by atoms with Gasteiger partial charge in [0.15, 0.2) is 0 Å². The van der Waals surface area contributed by atoms with Crippen molar-refractivity contribution in [1.82, 2.24) is 4.90 Å². The van der Waals surface area contributed by atoms with Gasteiger partial charge < -0.3 is 4.90 Å². The normalized spacial score (nSPS) is 12.3.